The van der Waals surface area contributed by atoms with Crippen molar-refractivity contribution in [2.75, 3.05) is 24.7 Å². The van der Waals surface area contributed by atoms with Crippen molar-refractivity contribution >= 4 is 35.0 Å². The molecule has 1 amide bonds. The van der Waals surface area contributed by atoms with E-state index in [0.717, 1.165) is 23.2 Å². The Morgan fingerprint density at radius 2 is 1.83 bits per heavy atom. The van der Waals surface area contributed by atoms with Crippen LogP contribution in [0.15, 0.2) is 34.7 Å². The van der Waals surface area contributed by atoms with Gasteiger partial charge in [-0.25, -0.2) is 0 Å². The first-order valence-corrected chi connectivity index (χ1v) is 9.94. The molecule has 3 rings (SSSR count). The standard InChI is InChI=1S/C17H19N5O3S.C2H6.C2H2/c1-10-7-8-11(25-10)9-18-15-16(21-26-20-15)19-13-6-4-5-12(14(13)23)17(24)22(2)3;2*1-2/h4-8,23H,9H2,1-3H3,(H,18,20)(H,19,21);1-2H3;1-2H. The van der Waals surface area contributed by atoms with E-state index in [1.54, 1.807) is 32.3 Å². The lowest BCUT2D eigenvalue weighted by Gasteiger charge is -2.14. The predicted octanol–water partition coefficient (Wildman–Crippen LogP) is 4.48. The lowest BCUT2D eigenvalue weighted by Crippen LogP contribution is -2.21. The molecule has 2 aromatic heterocycles. The highest BCUT2D eigenvalue weighted by Gasteiger charge is 2.17. The van der Waals surface area contributed by atoms with E-state index in [1.165, 1.54) is 4.90 Å². The first-order chi connectivity index (χ1) is 14.5. The Labute approximate surface area is 181 Å². The van der Waals surface area contributed by atoms with Gasteiger partial charge in [-0.1, -0.05) is 19.9 Å². The van der Waals surface area contributed by atoms with Crippen molar-refractivity contribution in [1.29, 1.82) is 0 Å². The fourth-order valence-electron chi connectivity index (χ4n) is 2.32. The SMILES string of the molecule is C#C.CC.Cc1ccc(CNc2nsnc2Nc2cccc(C(=O)N(C)C)c2O)o1. The number of nitrogens with zero attached hydrogens (tertiary/aromatic N) is 3. The van der Waals surface area contributed by atoms with Gasteiger partial charge in [0.05, 0.1) is 29.5 Å². The number of anilines is 3. The van der Waals surface area contributed by atoms with Crippen molar-refractivity contribution in [3.8, 4) is 18.6 Å². The number of hydrogen-bond acceptors (Lipinski definition) is 8. The first-order valence-electron chi connectivity index (χ1n) is 9.21. The van der Waals surface area contributed by atoms with Crippen LogP contribution in [0.4, 0.5) is 17.3 Å². The van der Waals surface area contributed by atoms with Crippen LogP contribution in [-0.4, -0.2) is 38.8 Å². The molecule has 0 saturated carbocycles. The highest BCUT2D eigenvalue weighted by Crippen LogP contribution is 2.32. The molecule has 160 valence electrons. The van der Waals surface area contributed by atoms with Gasteiger partial charge in [-0.2, -0.15) is 8.75 Å². The maximum absolute atomic E-state index is 12.1. The van der Waals surface area contributed by atoms with Crippen LogP contribution in [-0.2, 0) is 6.54 Å². The summed E-state index contributed by atoms with van der Waals surface area (Å²) in [5, 5.41) is 16.6. The second-order valence-electron chi connectivity index (χ2n) is 5.85. The molecule has 1 aromatic carbocycles. The highest BCUT2D eigenvalue weighted by molar-refractivity contribution is 6.99. The number of carbonyl (C=O) groups is 1. The zero-order chi connectivity index (χ0) is 22.7. The Balaban J connectivity index is 0.00000106. The van der Waals surface area contributed by atoms with Crippen LogP contribution < -0.4 is 10.6 Å². The quantitative estimate of drug-likeness (QED) is 0.392. The minimum Gasteiger partial charge on any atom is -0.505 e. The van der Waals surface area contributed by atoms with Crippen LogP contribution in [0.1, 0.15) is 35.7 Å². The van der Waals surface area contributed by atoms with E-state index in [9.17, 15) is 9.90 Å². The molecule has 0 aliphatic rings. The van der Waals surface area contributed by atoms with E-state index in [-0.39, 0.29) is 17.2 Å². The molecule has 0 atom stereocenters. The molecule has 0 aliphatic carbocycles. The van der Waals surface area contributed by atoms with Gasteiger partial charge in [0.25, 0.3) is 5.91 Å². The summed E-state index contributed by atoms with van der Waals surface area (Å²) in [6.07, 6.45) is 8.00. The van der Waals surface area contributed by atoms with Crippen molar-refractivity contribution in [2.24, 2.45) is 0 Å². The van der Waals surface area contributed by atoms with E-state index in [4.69, 9.17) is 4.42 Å². The van der Waals surface area contributed by atoms with Gasteiger partial charge in [0.2, 0.25) is 0 Å². The number of benzene rings is 1. The maximum atomic E-state index is 12.1. The van der Waals surface area contributed by atoms with Gasteiger partial charge in [0, 0.05) is 14.1 Å². The zero-order valence-corrected chi connectivity index (χ0v) is 18.6. The van der Waals surface area contributed by atoms with Crippen molar-refractivity contribution in [2.45, 2.75) is 27.3 Å². The number of phenols is 1. The molecular formula is C21H27N5O3S. The molecule has 8 nitrogen and oxygen atoms in total. The Kier molecular flexibility index (Phi) is 9.92. The Morgan fingerprint density at radius 1 is 1.17 bits per heavy atom. The number of aromatic hydroxyl groups is 1. The van der Waals surface area contributed by atoms with Crippen LogP contribution in [0.25, 0.3) is 0 Å². The molecule has 0 spiro atoms. The number of aromatic nitrogens is 2. The molecule has 9 heteroatoms. The van der Waals surface area contributed by atoms with Crippen molar-refractivity contribution in [3.63, 3.8) is 0 Å². The molecule has 0 saturated heterocycles. The maximum Gasteiger partial charge on any atom is 0.257 e. The number of amides is 1. The van der Waals surface area contributed by atoms with E-state index < -0.39 is 0 Å². The minimum atomic E-state index is -0.283. The van der Waals surface area contributed by atoms with Crippen molar-refractivity contribution in [1.82, 2.24) is 13.6 Å². The average Bonchev–Trinajstić information content (AvgIpc) is 3.38. The fraction of sp³-hybridized carbons (Fsp3) is 0.286. The largest absolute Gasteiger partial charge is 0.505 e. The summed E-state index contributed by atoms with van der Waals surface area (Å²) in [4.78, 5) is 13.5. The van der Waals surface area contributed by atoms with Gasteiger partial charge < -0.3 is 25.1 Å². The molecule has 2 heterocycles. The van der Waals surface area contributed by atoms with Crippen LogP contribution in [0, 0.1) is 19.8 Å². The molecule has 0 radical (unpaired) electrons. The van der Waals surface area contributed by atoms with E-state index in [0.29, 0.717) is 23.9 Å². The molecular weight excluding hydrogens is 402 g/mol. The second-order valence-corrected chi connectivity index (χ2v) is 6.38. The number of carbonyl (C=O) groups excluding carboxylic acids is 1. The average molecular weight is 430 g/mol. The van der Waals surface area contributed by atoms with Crippen molar-refractivity contribution in [3.05, 3.63) is 47.4 Å². The summed E-state index contributed by atoms with van der Waals surface area (Å²) in [7, 11) is 3.26. The van der Waals surface area contributed by atoms with Crippen LogP contribution in [0.2, 0.25) is 0 Å². The molecule has 3 aromatic rings. The van der Waals surface area contributed by atoms with Crippen molar-refractivity contribution < 1.29 is 14.3 Å². The molecule has 0 unspecified atom stereocenters. The van der Waals surface area contributed by atoms with Gasteiger partial charge in [-0.15, -0.1) is 12.8 Å². The first kappa shape index (κ1) is 24.5. The minimum absolute atomic E-state index is 0.133. The monoisotopic (exact) mass is 429 g/mol. The number of rotatable bonds is 6. The number of terminal acetylenes is 1. The van der Waals surface area contributed by atoms with Gasteiger partial charge in [0.15, 0.2) is 17.4 Å². The van der Waals surface area contributed by atoms with Crippen LogP contribution >= 0.6 is 11.7 Å². The number of para-hydroxylation sites is 1. The lowest BCUT2D eigenvalue weighted by molar-refractivity contribution is 0.0824. The van der Waals surface area contributed by atoms with E-state index >= 15 is 0 Å². The number of hydrogen-bond donors (Lipinski definition) is 3. The molecule has 3 N–H and O–H groups in total. The van der Waals surface area contributed by atoms with Gasteiger partial charge in [-0.3, -0.25) is 4.79 Å². The number of nitrogens with one attached hydrogen (secondary N) is 2. The summed E-state index contributed by atoms with van der Waals surface area (Å²) >= 11 is 1.03. The van der Waals surface area contributed by atoms with Crippen LogP contribution in [0.3, 0.4) is 0 Å². The summed E-state index contributed by atoms with van der Waals surface area (Å²) in [6.45, 7) is 6.34. The third kappa shape index (κ3) is 6.25. The molecule has 0 fully saturated rings. The van der Waals surface area contributed by atoms with Gasteiger partial charge in [-0.05, 0) is 31.2 Å². The van der Waals surface area contributed by atoms with E-state index in [2.05, 4.69) is 32.2 Å². The Bertz CT molecular complexity index is 962. The zero-order valence-electron chi connectivity index (χ0n) is 17.8. The second kappa shape index (κ2) is 12.1. The topological polar surface area (TPSA) is 104 Å². The fourth-order valence-corrected chi connectivity index (χ4v) is 2.81. The molecule has 0 bridgehead atoms. The number of aryl methyl sites for hydroxylation is 1. The number of furan rings is 1. The van der Waals surface area contributed by atoms with Crippen LogP contribution in [0.5, 0.6) is 5.75 Å². The lowest BCUT2D eigenvalue weighted by atomic mass is 10.1. The third-order valence-corrected chi connectivity index (χ3v) is 4.17. The molecule has 30 heavy (non-hydrogen) atoms. The van der Waals surface area contributed by atoms with Gasteiger partial charge >= 0.3 is 0 Å². The molecule has 0 aliphatic heterocycles. The number of phenolic OH excluding ortho intramolecular Hbond substituents is 1. The normalized spacial score (nSPS) is 9.43. The predicted molar refractivity (Wildman–Crippen MR) is 121 cm³/mol. The third-order valence-electron chi connectivity index (χ3n) is 3.64. The Morgan fingerprint density at radius 3 is 2.43 bits per heavy atom. The smallest absolute Gasteiger partial charge is 0.257 e. The highest BCUT2D eigenvalue weighted by atomic mass is 32.1. The summed E-state index contributed by atoms with van der Waals surface area (Å²) in [5.41, 5.74) is 0.589. The summed E-state index contributed by atoms with van der Waals surface area (Å²) in [6, 6.07) is 8.71. The summed E-state index contributed by atoms with van der Waals surface area (Å²) in [5.74, 6) is 2.20. The van der Waals surface area contributed by atoms with E-state index in [1.807, 2.05) is 32.9 Å². The van der Waals surface area contributed by atoms with Gasteiger partial charge in [0.1, 0.15) is 11.5 Å². The summed E-state index contributed by atoms with van der Waals surface area (Å²) < 4.78 is 13.9. The Hall–Kier alpha value is -3.51.